The number of carbonyl (C=O) groups is 2. The highest BCUT2D eigenvalue weighted by molar-refractivity contribution is 7.14. The highest BCUT2D eigenvalue weighted by Crippen LogP contribution is 2.22. The largest absolute Gasteiger partial charge is 0.483 e. The molecule has 0 aliphatic heterocycles. The minimum Gasteiger partial charge on any atom is -0.483 e. The summed E-state index contributed by atoms with van der Waals surface area (Å²) in [6, 6.07) is 9.00. The van der Waals surface area contributed by atoms with Crippen LogP contribution in [0.3, 0.4) is 0 Å². The smallest absolute Gasteiger partial charge is 0.262 e. The van der Waals surface area contributed by atoms with E-state index in [1.54, 1.807) is 17.5 Å². The molecule has 1 heterocycles. The second-order valence-electron chi connectivity index (χ2n) is 4.13. The zero-order chi connectivity index (χ0) is 14.5. The Morgan fingerprint density at radius 3 is 2.75 bits per heavy atom. The monoisotopic (exact) mass is 290 g/mol. The number of para-hydroxylation sites is 1. The highest BCUT2D eigenvalue weighted by Gasteiger charge is 2.12. The maximum Gasteiger partial charge on any atom is 0.262 e. The van der Waals surface area contributed by atoms with Gasteiger partial charge in [0.2, 0.25) is 0 Å². The Labute approximate surface area is 120 Å². The summed E-state index contributed by atoms with van der Waals surface area (Å²) in [7, 11) is 0. The maximum atomic E-state index is 11.8. The lowest BCUT2D eigenvalue weighted by atomic mass is 10.2. The van der Waals surface area contributed by atoms with E-state index in [9.17, 15) is 9.59 Å². The Bertz CT molecular complexity index is 637. The van der Waals surface area contributed by atoms with Gasteiger partial charge in [-0.1, -0.05) is 18.2 Å². The van der Waals surface area contributed by atoms with Gasteiger partial charge in [-0.3, -0.25) is 9.59 Å². The zero-order valence-corrected chi connectivity index (χ0v) is 11.7. The fourth-order valence-electron chi connectivity index (χ4n) is 1.62. The number of rotatable bonds is 5. The molecule has 3 N–H and O–H groups in total. The number of nitrogens with two attached hydrogens (primary N) is 1. The van der Waals surface area contributed by atoms with Crippen LogP contribution < -0.4 is 15.8 Å². The van der Waals surface area contributed by atoms with Crippen molar-refractivity contribution in [3.63, 3.8) is 0 Å². The molecule has 0 aliphatic rings. The summed E-state index contributed by atoms with van der Waals surface area (Å²) in [5, 5.41) is 4.75. The molecule has 2 rings (SSSR count). The van der Waals surface area contributed by atoms with E-state index in [0.717, 1.165) is 5.56 Å². The van der Waals surface area contributed by atoms with Gasteiger partial charge in [-0.25, -0.2) is 0 Å². The summed E-state index contributed by atoms with van der Waals surface area (Å²) in [6.45, 7) is 1.78. The van der Waals surface area contributed by atoms with E-state index in [0.29, 0.717) is 16.3 Å². The van der Waals surface area contributed by atoms with Crippen LogP contribution in [-0.2, 0) is 4.79 Å². The Morgan fingerprint density at radius 1 is 1.30 bits per heavy atom. The molecule has 0 atom stereocenters. The van der Waals surface area contributed by atoms with E-state index in [1.165, 1.54) is 11.3 Å². The van der Waals surface area contributed by atoms with E-state index in [-0.39, 0.29) is 12.5 Å². The summed E-state index contributed by atoms with van der Waals surface area (Å²) in [5.74, 6) is -0.247. The second-order valence-corrected chi connectivity index (χ2v) is 5.05. The van der Waals surface area contributed by atoms with Crippen LogP contribution in [-0.4, -0.2) is 18.4 Å². The predicted octanol–water partition coefficient (Wildman–Crippen LogP) is 2.17. The van der Waals surface area contributed by atoms with Gasteiger partial charge in [-0.05, 0) is 30.0 Å². The third kappa shape index (κ3) is 3.36. The molecule has 5 nitrogen and oxygen atoms in total. The molecule has 1 aromatic carbocycles. The van der Waals surface area contributed by atoms with Crippen molar-refractivity contribution < 1.29 is 14.3 Å². The van der Waals surface area contributed by atoms with Crippen LogP contribution in [0.1, 0.15) is 15.9 Å². The Morgan fingerprint density at radius 2 is 2.05 bits per heavy atom. The van der Waals surface area contributed by atoms with Crippen LogP contribution in [0.25, 0.3) is 0 Å². The number of primary amides is 1. The molecular formula is C14H14N2O3S. The Balaban J connectivity index is 1.95. The molecular weight excluding hydrogens is 276 g/mol. The van der Waals surface area contributed by atoms with Crippen molar-refractivity contribution in [1.29, 1.82) is 0 Å². The number of hydrogen-bond donors (Lipinski definition) is 2. The molecule has 0 saturated carbocycles. The van der Waals surface area contributed by atoms with Gasteiger partial charge in [-0.2, -0.15) is 0 Å². The number of nitrogens with one attached hydrogen (secondary N) is 1. The molecule has 20 heavy (non-hydrogen) atoms. The van der Waals surface area contributed by atoms with Crippen LogP contribution in [0, 0.1) is 6.92 Å². The van der Waals surface area contributed by atoms with Crippen molar-refractivity contribution in [2.75, 3.05) is 11.9 Å². The first-order valence-corrected chi connectivity index (χ1v) is 6.81. The lowest BCUT2D eigenvalue weighted by Crippen LogP contribution is -2.22. The molecule has 6 heteroatoms. The Hall–Kier alpha value is -2.34. The number of aryl methyl sites for hydroxylation is 1. The van der Waals surface area contributed by atoms with E-state index in [2.05, 4.69) is 5.32 Å². The summed E-state index contributed by atoms with van der Waals surface area (Å²) < 4.78 is 5.42. The van der Waals surface area contributed by atoms with Gasteiger partial charge in [-0.15, -0.1) is 11.3 Å². The third-order valence-corrected chi connectivity index (χ3v) is 3.47. The van der Waals surface area contributed by atoms with Gasteiger partial charge in [0, 0.05) is 0 Å². The predicted molar refractivity (Wildman–Crippen MR) is 78.1 cm³/mol. The molecule has 0 radical (unpaired) electrons. The normalized spacial score (nSPS) is 10.1. The second kappa shape index (κ2) is 6.21. The standard InChI is InChI=1S/C14H14N2O3S/c1-9-4-2-3-5-11(9)19-8-12(17)16-14-10(13(15)18)6-7-20-14/h2-7H,8H2,1H3,(H2,15,18)(H,16,17). The average Bonchev–Trinajstić information content (AvgIpc) is 2.86. The molecule has 2 amide bonds. The molecule has 0 spiro atoms. The van der Waals surface area contributed by atoms with Crippen LogP contribution in [0.15, 0.2) is 35.7 Å². The molecule has 104 valence electrons. The summed E-state index contributed by atoms with van der Waals surface area (Å²) in [5.41, 5.74) is 6.46. The zero-order valence-electron chi connectivity index (χ0n) is 10.9. The van der Waals surface area contributed by atoms with Crippen LogP contribution in [0.4, 0.5) is 5.00 Å². The molecule has 0 unspecified atom stereocenters. The average molecular weight is 290 g/mol. The topological polar surface area (TPSA) is 81.4 Å². The summed E-state index contributed by atoms with van der Waals surface area (Å²) in [6.07, 6.45) is 0. The first-order valence-electron chi connectivity index (χ1n) is 5.93. The van der Waals surface area contributed by atoms with E-state index in [1.807, 2.05) is 25.1 Å². The minimum absolute atomic E-state index is 0.124. The van der Waals surface area contributed by atoms with Crippen molar-refractivity contribution in [3.05, 3.63) is 46.8 Å². The number of thiophene rings is 1. The minimum atomic E-state index is -0.568. The van der Waals surface area contributed by atoms with E-state index >= 15 is 0 Å². The SMILES string of the molecule is Cc1ccccc1OCC(=O)Nc1sccc1C(N)=O. The van der Waals surface area contributed by atoms with Crippen molar-refractivity contribution in [2.45, 2.75) is 6.92 Å². The fourth-order valence-corrected chi connectivity index (χ4v) is 2.43. The summed E-state index contributed by atoms with van der Waals surface area (Å²) >= 11 is 1.24. The molecule has 2 aromatic rings. The number of carbonyl (C=O) groups excluding carboxylic acids is 2. The van der Waals surface area contributed by atoms with Gasteiger partial charge in [0.05, 0.1) is 5.56 Å². The highest BCUT2D eigenvalue weighted by atomic mass is 32.1. The van der Waals surface area contributed by atoms with Crippen molar-refractivity contribution in [3.8, 4) is 5.75 Å². The number of benzene rings is 1. The lowest BCUT2D eigenvalue weighted by molar-refractivity contribution is -0.118. The summed E-state index contributed by atoms with van der Waals surface area (Å²) in [4.78, 5) is 22.9. The van der Waals surface area contributed by atoms with Crippen LogP contribution in [0.5, 0.6) is 5.75 Å². The molecule has 1 aromatic heterocycles. The fraction of sp³-hybridized carbons (Fsp3) is 0.143. The van der Waals surface area contributed by atoms with Crippen LogP contribution in [0.2, 0.25) is 0 Å². The quantitative estimate of drug-likeness (QED) is 0.885. The third-order valence-electron chi connectivity index (χ3n) is 2.64. The van der Waals surface area contributed by atoms with Crippen molar-refractivity contribution in [1.82, 2.24) is 0 Å². The van der Waals surface area contributed by atoms with Gasteiger partial charge in [0.1, 0.15) is 10.8 Å². The van der Waals surface area contributed by atoms with Crippen molar-refractivity contribution >= 4 is 28.2 Å². The van der Waals surface area contributed by atoms with Gasteiger partial charge in [0.15, 0.2) is 6.61 Å². The Kier molecular flexibility index (Phi) is 4.37. The molecule has 0 saturated heterocycles. The van der Waals surface area contributed by atoms with E-state index < -0.39 is 5.91 Å². The molecule has 0 bridgehead atoms. The van der Waals surface area contributed by atoms with Gasteiger partial charge in [0.25, 0.3) is 11.8 Å². The first kappa shape index (κ1) is 14.1. The lowest BCUT2D eigenvalue weighted by Gasteiger charge is -2.09. The van der Waals surface area contributed by atoms with Gasteiger partial charge >= 0.3 is 0 Å². The van der Waals surface area contributed by atoms with Gasteiger partial charge < -0.3 is 15.8 Å². The maximum absolute atomic E-state index is 11.8. The van der Waals surface area contributed by atoms with E-state index in [4.69, 9.17) is 10.5 Å². The number of ether oxygens (including phenoxy) is 1. The molecule has 0 fully saturated rings. The number of hydrogen-bond acceptors (Lipinski definition) is 4. The number of anilines is 1. The number of amides is 2. The first-order chi connectivity index (χ1) is 9.58. The van der Waals surface area contributed by atoms with Crippen LogP contribution >= 0.6 is 11.3 Å². The van der Waals surface area contributed by atoms with Crippen molar-refractivity contribution in [2.24, 2.45) is 5.73 Å². The molecule has 0 aliphatic carbocycles.